The molecule has 0 saturated carbocycles. The van der Waals surface area contributed by atoms with E-state index in [0.29, 0.717) is 16.3 Å². The Hall–Kier alpha value is -2.52. The van der Waals surface area contributed by atoms with Crippen LogP contribution in [0.4, 0.5) is 0 Å². The number of rotatable bonds is 4. The first kappa shape index (κ1) is 17.3. The zero-order chi connectivity index (χ0) is 18.1. The third-order valence-corrected chi connectivity index (χ3v) is 5.87. The van der Waals surface area contributed by atoms with Gasteiger partial charge in [-0.15, -0.1) is 22.7 Å². The van der Waals surface area contributed by atoms with Crippen molar-refractivity contribution in [2.45, 2.75) is 13.5 Å². The van der Waals surface area contributed by atoms with Crippen LogP contribution in [0.2, 0.25) is 0 Å². The number of hydrogen-bond donors (Lipinski definition) is 0. The standard InChI is InChI=1S/C16H15N3O4S2/c1-9-13(25-14(17-9)11-5-4-6-24-11)15(21)23-8-10-7-12(20)19(3)16(22)18(10)2/h4-7H,8H2,1-3H3. The molecule has 0 aliphatic carbocycles. The highest BCUT2D eigenvalue weighted by Crippen LogP contribution is 2.31. The molecule has 25 heavy (non-hydrogen) atoms. The molecule has 3 rings (SSSR count). The zero-order valence-electron chi connectivity index (χ0n) is 13.8. The van der Waals surface area contributed by atoms with Gasteiger partial charge in [-0.05, 0) is 18.4 Å². The Labute approximate surface area is 150 Å². The lowest BCUT2D eigenvalue weighted by Crippen LogP contribution is -2.38. The van der Waals surface area contributed by atoms with E-state index in [4.69, 9.17) is 4.74 Å². The summed E-state index contributed by atoms with van der Waals surface area (Å²) in [7, 11) is 2.92. The monoisotopic (exact) mass is 377 g/mol. The first-order valence-electron chi connectivity index (χ1n) is 7.33. The van der Waals surface area contributed by atoms with E-state index < -0.39 is 17.2 Å². The van der Waals surface area contributed by atoms with E-state index in [1.54, 1.807) is 18.3 Å². The predicted molar refractivity (Wildman–Crippen MR) is 96.2 cm³/mol. The molecule has 0 radical (unpaired) electrons. The summed E-state index contributed by atoms with van der Waals surface area (Å²) in [5, 5.41) is 2.71. The number of esters is 1. The minimum atomic E-state index is -0.522. The third kappa shape index (κ3) is 3.33. The molecular weight excluding hydrogens is 362 g/mol. The van der Waals surface area contributed by atoms with E-state index >= 15 is 0 Å². The van der Waals surface area contributed by atoms with E-state index in [1.165, 1.54) is 36.1 Å². The number of carbonyl (C=O) groups excluding carboxylic acids is 1. The van der Waals surface area contributed by atoms with Gasteiger partial charge in [0.25, 0.3) is 5.56 Å². The summed E-state index contributed by atoms with van der Waals surface area (Å²) in [4.78, 5) is 41.8. The smallest absolute Gasteiger partial charge is 0.350 e. The summed E-state index contributed by atoms with van der Waals surface area (Å²) >= 11 is 2.81. The Balaban J connectivity index is 1.80. The molecular formula is C16H15N3O4S2. The lowest BCUT2D eigenvalue weighted by molar-refractivity contribution is 0.0467. The molecule has 0 N–H and O–H groups in total. The number of nitrogens with zero attached hydrogens (tertiary/aromatic N) is 3. The lowest BCUT2D eigenvalue weighted by atomic mass is 10.4. The number of aromatic nitrogens is 3. The lowest BCUT2D eigenvalue weighted by Gasteiger charge is -2.09. The maximum Gasteiger partial charge on any atom is 0.350 e. The van der Waals surface area contributed by atoms with Gasteiger partial charge < -0.3 is 4.74 Å². The van der Waals surface area contributed by atoms with Crippen LogP contribution < -0.4 is 11.2 Å². The van der Waals surface area contributed by atoms with Crippen molar-refractivity contribution in [3.05, 3.63) is 60.7 Å². The summed E-state index contributed by atoms with van der Waals surface area (Å²) in [6, 6.07) is 5.14. The molecule has 3 aromatic rings. The van der Waals surface area contributed by atoms with Crippen LogP contribution in [0.5, 0.6) is 0 Å². The third-order valence-electron chi connectivity index (χ3n) is 3.69. The van der Waals surface area contributed by atoms with Crippen LogP contribution >= 0.6 is 22.7 Å². The fourth-order valence-corrected chi connectivity index (χ4v) is 3.97. The second kappa shape index (κ2) is 6.77. The van der Waals surface area contributed by atoms with E-state index in [1.807, 2.05) is 17.5 Å². The topological polar surface area (TPSA) is 83.2 Å². The van der Waals surface area contributed by atoms with Gasteiger partial charge in [-0.25, -0.2) is 14.6 Å². The van der Waals surface area contributed by atoms with Crippen LogP contribution in [-0.2, 0) is 25.4 Å². The van der Waals surface area contributed by atoms with Crippen molar-refractivity contribution in [3.63, 3.8) is 0 Å². The van der Waals surface area contributed by atoms with Crippen molar-refractivity contribution in [1.82, 2.24) is 14.1 Å². The Morgan fingerprint density at radius 2 is 2.04 bits per heavy atom. The normalized spacial score (nSPS) is 10.8. The maximum atomic E-state index is 12.4. The Kier molecular flexibility index (Phi) is 4.69. The first-order valence-corrected chi connectivity index (χ1v) is 9.02. The molecule has 3 aromatic heterocycles. The molecule has 0 saturated heterocycles. The van der Waals surface area contributed by atoms with E-state index in [0.717, 1.165) is 14.5 Å². The number of hydrogen-bond acceptors (Lipinski definition) is 7. The highest BCUT2D eigenvalue weighted by molar-refractivity contribution is 7.22. The van der Waals surface area contributed by atoms with Crippen LogP contribution in [0.3, 0.4) is 0 Å². The average molecular weight is 377 g/mol. The SMILES string of the molecule is Cc1nc(-c2cccs2)sc1C(=O)OCc1cc(=O)n(C)c(=O)n1C. The van der Waals surface area contributed by atoms with Crippen molar-refractivity contribution < 1.29 is 9.53 Å². The molecule has 0 unspecified atom stereocenters. The second-order valence-corrected chi connectivity index (χ2v) is 7.31. The summed E-state index contributed by atoms with van der Waals surface area (Å²) in [6.07, 6.45) is 0. The molecule has 0 aromatic carbocycles. The van der Waals surface area contributed by atoms with Crippen LogP contribution in [0.15, 0.2) is 33.2 Å². The summed E-state index contributed by atoms with van der Waals surface area (Å²) in [5.74, 6) is -0.522. The summed E-state index contributed by atoms with van der Waals surface area (Å²) in [6.45, 7) is 1.59. The molecule has 0 fully saturated rings. The molecule has 9 heteroatoms. The van der Waals surface area contributed by atoms with Crippen molar-refractivity contribution in [2.24, 2.45) is 14.1 Å². The zero-order valence-corrected chi connectivity index (χ0v) is 15.4. The minimum Gasteiger partial charge on any atom is -0.455 e. The van der Waals surface area contributed by atoms with Gasteiger partial charge >= 0.3 is 11.7 Å². The number of carbonyl (C=O) groups is 1. The molecule has 0 spiro atoms. The van der Waals surface area contributed by atoms with Gasteiger partial charge in [0.1, 0.15) is 16.5 Å². The highest BCUT2D eigenvalue weighted by Gasteiger charge is 2.19. The van der Waals surface area contributed by atoms with Crippen molar-refractivity contribution in [1.29, 1.82) is 0 Å². The Morgan fingerprint density at radius 3 is 2.72 bits per heavy atom. The fourth-order valence-electron chi connectivity index (χ4n) is 2.21. The average Bonchev–Trinajstić information content (AvgIpc) is 3.24. The molecule has 0 aliphatic rings. The van der Waals surface area contributed by atoms with Gasteiger partial charge in [-0.3, -0.25) is 13.9 Å². The number of aryl methyl sites for hydroxylation is 1. The molecule has 130 valence electrons. The van der Waals surface area contributed by atoms with Crippen molar-refractivity contribution in [2.75, 3.05) is 0 Å². The molecule has 0 bridgehead atoms. The summed E-state index contributed by atoms with van der Waals surface area (Å²) in [5.41, 5.74) is 0.0222. The van der Waals surface area contributed by atoms with E-state index in [9.17, 15) is 14.4 Å². The van der Waals surface area contributed by atoms with Gasteiger partial charge in [0.15, 0.2) is 0 Å². The summed E-state index contributed by atoms with van der Waals surface area (Å²) < 4.78 is 7.56. The van der Waals surface area contributed by atoms with E-state index in [-0.39, 0.29) is 6.61 Å². The predicted octanol–water partition coefficient (Wildman–Crippen LogP) is 1.93. The van der Waals surface area contributed by atoms with Gasteiger partial charge in [0.2, 0.25) is 0 Å². The van der Waals surface area contributed by atoms with Crippen LogP contribution in [-0.4, -0.2) is 20.1 Å². The highest BCUT2D eigenvalue weighted by atomic mass is 32.1. The number of thiazole rings is 1. The second-order valence-electron chi connectivity index (χ2n) is 5.36. The number of thiophene rings is 1. The molecule has 0 aliphatic heterocycles. The van der Waals surface area contributed by atoms with Gasteiger partial charge in [-0.2, -0.15) is 0 Å². The van der Waals surface area contributed by atoms with Crippen LogP contribution in [0.1, 0.15) is 21.1 Å². The van der Waals surface area contributed by atoms with Crippen molar-refractivity contribution >= 4 is 28.6 Å². The molecule has 0 amide bonds. The van der Waals surface area contributed by atoms with Gasteiger partial charge in [0, 0.05) is 20.2 Å². The van der Waals surface area contributed by atoms with E-state index in [2.05, 4.69) is 4.98 Å². The maximum absolute atomic E-state index is 12.4. The largest absolute Gasteiger partial charge is 0.455 e. The number of ether oxygens (including phenoxy) is 1. The molecule has 7 nitrogen and oxygen atoms in total. The molecule has 3 heterocycles. The van der Waals surface area contributed by atoms with Gasteiger partial charge in [0.05, 0.1) is 16.3 Å². The Bertz CT molecular complexity index is 1040. The van der Waals surface area contributed by atoms with Crippen LogP contribution in [0, 0.1) is 6.92 Å². The minimum absolute atomic E-state index is 0.160. The fraction of sp³-hybridized carbons (Fsp3) is 0.250. The first-order chi connectivity index (χ1) is 11.9. The Morgan fingerprint density at radius 1 is 1.28 bits per heavy atom. The van der Waals surface area contributed by atoms with Gasteiger partial charge in [-0.1, -0.05) is 6.07 Å². The molecule has 0 atom stereocenters. The van der Waals surface area contributed by atoms with Crippen molar-refractivity contribution in [3.8, 4) is 9.88 Å². The van der Waals surface area contributed by atoms with Crippen LogP contribution in [0.25, 0.3) is 9.88 Å². The quantitative estimate of drug-likeness (QED) is 0.649.